The predicted octanol–water partition coefficient (Wildman–Crippen LogP) is 2.46. The Morgan fingerprint density at radius 1 is 0.929 bits per heavy atom. The number of anilines is 1. The van der Waals surface area contributed by atoms with Crippen molar-refractivity contribution in [2.45, 2.75) is 5.92 Å². The van der Waals surface area contributed by atoms with Gasteiger partial charge < -0.3 is 19.6 Å². The predicted molar refractivity (Wildman–Crippen MR) is 106 cm³/mol. The number of hydrogen-bond donors (Lipinski definition) is 1. The molecule has 0 aromatic heterocycles. The van der Waals surface area contributed by atoms with Gasteiger partial charge in [-0.1, -0.05) is 30.3 Å². The van der Waals surface area contributed by atoms with E-state index in [9.17, 15) is 14.7 Å². The number of rotatable bonds is 4. The minimum absolute atomic E-state index is 0.113. The van der Waals surface area contributed by atoms with Gasteiger partial charge in [-0.25, -0.2) is 0 Å². The van der Waals surface area contributed by atoms with Crippen molar-refractivity contribution in [3.05, 3.63) is 65.7 Å². The standard InChI is InChI=1S/C22H24N2O4/c25-21(17-6-8-18(9-7-17)23-10-12-28-13-11-23)24-14-19(20(15-24)22(26)27)16-4-2-1-3-5-16/h1-9,19-20H,10-15H2,(H,26,27). The molecule has 2 atom stereocenters. The zero-order valence-electron chi connectivity index (χ0n) is 15.7. The fourth-order valence-electron chi connectivity index (χ4n) is 4.08. The Kier molecular flexibility index (Phi) is 5.30. The largest absolute Gasteiger partial charge is 0.481 e. The lowest BCUT2D eigenvalue weighted by molar-refractivity contribution is -0.141. The van der Waals surface area contributed by atoms with Crippen LogP contribution >= 0.6 is 0 Å². The Hall–Kier alpha value is -2.86. The molecule has 28 heavy (non-hydrogen) atoms. The van der Waals surface area contributed by atoms with Crippen molar-refractivity contribution >= 4 is 17.6 Å². The van der Waals surface area contributed by atoms with Crippen molar-refractivity contribution in [1.82, 2.24) is 4.90 Å². The van der Waals surface area contributed by atoms with Crippen LogP contribution in [-0.4, -0.2) is 61.3 Å². The van der Waals surface area contributed by atoms with E-state index in [0.717, 1.165) is 24.3 Å². The Bertz CT molecular complexity index is 831. The molecule has 2 saturated heterocycles. The van der Waals surface area contributed by atoms with Gasteiger partial charge in [0, 0.05) is 43.3 Å². The first-order chi connectivity index (χ1) is 13.6. The molecule has 2 heterocycles. The number of morpholine rings is 1. The lowest BCUT2D eigenvalue weighted by Gasteiger charge is -2.29. The average molecular weight is 380 g/mol. The van der Waals surface area contributed by atoms with Gasteiger partial charge in [0.15, 0.2) is 0 Å². The van der Waals surface area contributed by atoms with Crippen LogP contribution in [0.2, 0.25) is 0 Å². The molecule has 2 unspecified atom stereocenters. The number of carbonyl (C=O) groups excluding carboxylic acids is 1. The van der Waals surface area contributed by atoms with E-state index in [2.05, 4.69) is 4.90 Å². The van der Waals surface area contributed by atoms with E-state index in [1.165, 1.54) is 0 Å². The molecule has 2 fully saturated rings. The number of aliphatic carboxylic acids is 1. The van der Waals surface area contributed by atoms with Gasteiger partial charge in [0.25, 0.3) is 5.91 Å². The molecule has 1 N–H and O–H groups in total. The van der Waals surface area contributed by atoms with E-state index in [4.69, 9.17) is 4.74 Å². The average Bonchev–Trinajstić information content (AvgIpc) is 3.20. The molecule has 2 aliphatic rings. The van der Waals surface area contributed by atoms with E-state index in [1.54, 1.807) is 4.90 Å². The number of nitrogens with zero attached hydrogens (tertiary/aromatic N) is 2. The first-order valence-electron chi connectivity index (χ1n) is 9.63. The third-order valence-corrected chi connectivity index (χ3v) is 5.64. The molecule has 2 aliphatic heterocycles. The fraction of sp³-hybridized carbons (Fsp3) is 0.364. The molecule has 4 rings (SSSR count). The van der Waals surface area contributed by atoms with E-state index in [1.807, 2.05) is 54.6 Å². The highest BCUT2D eigenvalue weighted by Gasteiger charge is 2.40. The SMILES string of the molecule is O=C(O)C1CN(C(=O)c2ccc(N3CCOCC3)cc2)CC1c1ccccc1. The monoisotopic (exact) mass is 380 g/mol. The summed E-state index contributed by atoms with van der Waals surface area (Å²) < 4.78 is 5.38. The van der Waals surface area contributed by atoms with Crippen molar-refractivity contribution in [2.75, 3.05) is 44.3 Å². The Balaban J connectivity index is 1.49. The maximum absolute atomic E-state index is 13.0. The molecule has 6 heteroatoms. The number of carboxylic acids is 1. The number of carboxylic acid groups (broad SMARTS) is 1. The number of hydrogen-bond acceptors (Lipinski definition) is 4. The topological polar surface area (TPSA) is 70.1 Å². The maximum Gasteiger partial charge on any atom is 0.308 e. The Morgan fingerprint density at radius 2 is 1.61 bits per heavy atom. The third-order valence-electron chi connectivity index (χ3n) is 5.64. The van der Waals surface area contributed by atoms with Gasteiger partial charge in [-0.3, -0.25) is 9.59 Å². The summed E-state index contributed by atoms with van der Waals surface area (Å²) >= 11 is 0. The number of likely N-dealkylation sites (tertiary alicyclic amines) is 1. The van der Waals surface area contributed by atoms with Gasteiger partial charge >= 0.3 is 5.97 Å². The molecule has 0 radical (unpaired) electrons. The highest BCUT2D eigenvalue weighted by Crippen LogP contribution is 2.33. The second-order valence-corrected chi connectivity index (χ2v) is 7.32. The zero-order chi connectivity index (χ0) is 19.5. The Labute approximate surface area is 164 Å². The summed E-state index contributed by atoms with van der Waals surface area (Å²) in [5.41, 5.74) is 2.63. The molecule has 2 aromatic rings. The number of amides is 1. The van der Waals surface area contributed by atoms with Crippen LogP contribution in [0.1, 0.15) is 21.8 Å². The van der Waals surface area contributed by atoms with E-state index >= 15 is 0 Å². The van der Waals surface area contributed by atoms with Gasteiger partial charge in [-0.2, -0.15) is 0 Å². The number of carbonyl (C=O) groups is 2. The van der Waals surface area contributed by atoms with Gasteiger partial charge in [-0.05, 0) is 29.8 Å². The van der Waals surface area contributed by atoms with Gasteiger partial charge in [0.05, 0.1) is 19.1 Å². The quantitative estimate of drug-likeness (QED) is 0.882. The highest BCUT2D eigenvalue weighted by atomic mass is 16.5. The molecule has 0 saturated carbocycles. The zero-order valence-corrected chi connectivity index (χ0v) is 15.7. The first kappa shape index (κ1) is 18.5. The normalized spacial score (nSPS) is 22.3. The van der Waals surface area contributed by atoms with E-state index in [0.29, 0.717) is 25.3 Å². The van der Waals surface area contributed by atoms with Crippen LogP contribution in [0.15, 0.2) is 54.6 Å². The molecular weight excluding hydrogens is 356 g/mol. The van der Waals surface area contributed by atoms with Crippen LogP contribution in [0.5, 0.6) is 0 Å². The number of ether oxygens (including phenoxy) is 1. The summed E-state index contributed by atoms with van der Waals surface area (Å²) in [6, 6.07) is 17.2. The molecular formula is C22H24N2O4. The van der Waals surface area contributed by atoms with Crippen molar-refractivity contribution < 1.29 is 19.4 Å². The van der Waals surface area contributed by atoms with Crippen molar-refractivity contribution in [2.24, 2.45) is 5.92 Å². The van der Waals surface area contributed by atoms with Crippen LogP contribution < -0.4 is 4.90 Å². The summed E-state index contributed by atoms with van der Waals surface area (Å²) in [7, 11) is 0. The van der Waals surface area contributed by atoms with Crippen molar-refractivity contribution in [3.63, 3.8) is 0 Å². The molecule has 0 spiro atoms. The van der Waals surface area contributed by atoms with Crippen LogP contribution in [-0.2, 0) is 9.53 Å². The summed E-state index contributed by atoms with van der Waals surface area (Å²) in [5.74, 6) is -1.74. The van der Waals surface area contributed by atoms with Gasteiger partial charge in [-0.15, -0.1) is 0 Å². The van der Waals surface area contributed by atoms with Crippen molar-refractivity contribution in [1.29, 1.82) is 0 Å². The lowest BCUT2D eigenvalue weighted by Crippen LogP contribution is -2.36. The fourth-order valence-corrected chi connectivity index (χ4v) is 4.08. The first-order valence-corrected chi connectivity index (χ1v) is 9.63. The van der Waals surface area contributed by atoms with Crippen LogP contribution in [0.4, 0.5) is 5.69 Å². The summed E-state index contributed by atoms with van der Waals surface area (Å²) in [4.78, 5) is 28.6. The lowest BCUT2D eigenvalue weighted by atomic mass is 9.89. The third kappa shape index (κ3) is 3.73. The van der Waals surface area contributed by atoms with Gasteiger partial charge in [0.1, 0.15) is 0 Å². The van der Waals surface area contributed by atoms with Crippen LogP contribution in [0.3, 0.4) is 0 Å². The molecule has 0 bridgehead atoms. The maximum atomic E-state index is 13.0. The van der Waals surface area contributed by atoms with Gasteiger partial charge in [0.2, 0.25) is 0 Å². The summed E-state index contributed by atoms with van der Waals surface area (Å²) in [6.45, 7) is 3.78. The molecule has 2 aromatic carbocycles. The van der Waals surface area contributed by atoms with Crippen LogP contribution in [0, 0.1) is 5.92 Å². The molecule has 6 nitrogen and oxygen atoms in total. The summed E-state index contributed by atoms with van der Waals surface area (Å²) in [6.07, 6.45) is 0. The molecule has 1 amide bonds. The second kappa shape index (κ2) is 8.02. The smallest absolute Gasteiger partial charge is 0.308 e. The highest BCUT2D eigenvalue weighted by molar-refractivity contribution is 5.95. The minimum Gasteiger partial charge on any atom is -0.481 e. The number of benzene rings is 2. The van der Waals surface area contributed by atoms with E-state index in [-0.39, 0.29) is 18.4 Å². The molecule has 146 valence electrons. The Morgan fingerprint density at radius 3 is 2.25 bits per heavy atom. The minimum atomic E-state index is -0.855. The van der Waals surface area contributed by atoms with E-state index < -0.39 is 11.9 Å². The second-order valence-electron chi connectivity index (χ2n) is 7.32. The summed E-state index contributed by atoms with van der Waals surface area (Å²) in [5, 5.41) is 9.64. The van der Waals surface area contributed by atoms with Crippen LogP contribution in [0.25, 0.3) is 0 Å². The molecule has 0 aliphatic carbocycles. The van der Waals surface area contributed by atoms with Crippen molar-refractivity contribution in [3.8, 4) is 0 Å².